The lowest BCUT2D eigenvalue weighted by molar-refractivity contribution is -0.142. The standard InChI is InChI=1S/C36H40N6O5/c1-25-27(20-38-47-25)21-39-16-12-30(32(22-39)26-6-4-3-5-7-26)34(43)40-18-14-36(45,15-19-40)23-41-24-37-33-31(35(41)44)13-17-42(33)28-8-10-29(46-2)11-9-28/h3-11,13,17,20,24,30,32,45H,12,14-16,18-19,21-23H2,1-2H3/t30-,32+/m1/s1. The maximum atomic E-state index is 14.1. The molecule has 0 bridgehead atoms. The highest BCUT2D eigenvalue weighted by atomic mass is 16.5. The zero-order valence-electron chi connectivity index (χ0n) is 26.8. The second-order valence-corrected chi connectivity index (χ2v) is 12.9. The first kappa shape index (κ1) is 30.9. The van der Waals surface area contributed by atoms with Crippen molar-refractivity contribution in [2.45, 2.75) is 50.8 Å². The average molecular weight is 637 g/mol. The van der Waals surface area contributed by atoms with Crippen molar-refractivity contribution in [1.82, 2.24) is 29.1 Å². The van der Waals surface area contributed by atoms with Crippen molar-refractivity contribution in [3.63, 3.8) is 0 Å². The molecule has 2 fully saturated rings. The fraction of sp³-hybridized carbons (Fsp3) is 0.389. The minimum atomic E-state index is -1.12. The molecule has 2 aromatic carbocycles. The minimum Gasteiger partial charge on any atom is -0.497 e. The molecule has 2 aliphatic rings. The third kappa shape index (κ3) is 6.20. The van der Waals surface area contributed by atoms with Gasteiger partial charge in [-0.2, -0.15) is 0 Å². The third-order valence-corrected chi connectivity index (χ3v) is 9.98. The Balaban J connectivity index is 1.02. The Bertz CT molecular complexity index is 1910. The van der Waals surface area contributed by atoms with Crippen LogP contribution < -0.4 is 10.3 Å². The van der Waals surface area contributed by atoms with E-state index in [-0.39, 0.29) is 29.8 Å². The number of carbonyl (C=O) groups excluding carboxylic acids is 1. The Hall–Kier alpha value is -4.74. The maximum absolute atomic E-state index is 14.1. The number of nitrogens with zero attached hydrogens (tertiary/aromatic N) is 6. The number of piperidine rings is 2. The number of methoxy groups -OCH3 is 1. The first-order chi connectivity index (χ1) is 22.8. The smallest absolute Gasteiger partial charge is 0.262 e. The number of rotatable bonds is 8. The van der Waals surface area contributed by atoms with E-state index >= 15 is 0 Å². The van der Waals surface area contributed by atoms with Gasteiger partial charge in [-0.25, -0.2) is 4.98 Å². The van der Waals surface area contributed by atoms with Crippen LogP contribution in [0.5, 0.6) is 5.75 Å². The van der Waals surface area contributed by atoms with Crippen LogP contribution in [-0.4, -0.2) is 79.0 Å². The zero-order chi connectivity index (χ0) is 32.5. The summed E-state index contributed by atoms with van der Waals surface area (Å²) < 4.78 is 13.9. The van der Waals surface area contributed by atoms with Gasteiger partial charge in [0, 0.05) is 55.5 Å². The number of aromatic nitrogens is 4. The molecule has 5 aromatic rings. The lowest BCUT2D eigenvalue weighted by atomic mass is 9.79. The number of carbonyl (C=O) groups is 1. The summed E-state index contributed by atoms with van der Waals surface area (Å²) in [5, 5.41) is 16.0. The summed E-state index contributed by atoms with van der Waals surface area (Å²) in [7, 11) is 1.62. The number of hydrogen-bond donors (Lipinski definition) is 1. The fourth-order valence-electron chi connectivity index (χ4n) is 7.18. The van der Waals surface area contributed by atoms with Crippen molar-refractivity contribution < 1.29 is 19.2 Å². The van der Waals surface area contributed by atoms with E-state index in [2.05, 4.69) is 27.2 Å². The number of benzene rings is 2. The van der Waals surface area contributed by atoms with Crippen LogP contribution in [0.3, 0.4) is 0 Å². The molecule has 0 aliphatic carbocycles. The predicted molar refractivity (Wildman–Crippen MR) is 176 cm³/mol. The first-order valence-corrected chi connectivity index (χ1v) is 16.2. The van der Waals surface area contributed by atoms with Crippen LogP contribution in [0.1, 0.15) is 42.1 Å². The van der Waals surface area contributed by atoms with Crippen molar-refractivity contribution in [2.75, 3.05) is 33.3 Å². The fourth-order valence-corrected chi connectivity index (χ4v) is 7.18. The van der Waals surface area contributed by atoms with Crippen molar-refractivity contribution in [3.8, 4) is 11.4 Å². The van der Waals surface area contributed by atoms with Crippen LogP contribution in [0.25, 0.3) is 16.7 Å². The molecule has 5 heterocycles. The van der Waals surface area contributed by atoms with Gasteiger partial charge in [0.25, 0.3) is 5.56 Å². The molecule has 1 amide bonds. The Morgan fingerprint density at radius 3 is 2.53 bits per heavy atom. The van der Waals surface area contributed by atoms with E-state index in [0.717, 1.165) is 54.4 Å². The van der Waals surface area contributed by atoms with Crippen molar-refractivity contribution in [3.05, 3.63) is 107 Å². The SMILES string of the molecule is COc1ccc(-n2ccc3c(=O)n(CC4(O)CCN(C(=O)[C@@H]5CCN(Cc6cnoc6C)C[C@H]5c5ccccc5)CC4)cnc32)cc1. The molecule has 0 saturated carbocycles. The third-order valence-electron chi connectivity index (χ3n) is 9.98. The number of amides is 1. The van der Waals surface area contributed by atoms with E-state index in [0.29, 0.717) is 37.0 Å². The molecule has 2 atom stereocenters. The molecule has 11 heteroatoms. The van der Waals surface area contributed by atoms with Gasteiger partial charge in [0.2, 0.25) is 5.91 Å². The molecule has 3 aromatic heterocycles. The lowest BCUT2D eigenvalue weighted by Gasteiger charge is -2.43. The number of aliphatic hydroxyl groups is 1. The summed E-state index contributed by atoms with van der Waals surface area (Å²) in [5.74, 6) is 1.62. The molecule has 2 aliphatic heterocycles. The molecule has 0 unspecified atom stereocenters. The van der Waals surface area contributed by atoms with Gasteiger partial charge in [0.1, 0.15) is 17.8 Å². The van der Waals surface area contributed by atoms with Gasteiger partial charge in [-0.05, 0) is 68.6 Å². The topological polar surface area (TPSA) is 119 Å². The van der Waals surface area contributed by atoms with Crippen molar-refractivity contribution in [2.24, 2.45) is 5.92 Å². The molecule has 7 rings (SSSR count). The summed E-state index contributed by atoms with van der Waals surface area (Å²) in [5.41, 5.74) is 2.33. The second kappa shape index (κ2) is 12.8. The molecule has 47 heavy (non-hydrogen) atoms. The van der Waals surface area contributed by atoms with Gasteiger partial charge in [-0.3, -0.25) is 19.1 Å². The van der Waals surface area contributed by atoms with Crippen LogP contribution in [-0.2, 0) is 17.9 Å². The van der Waals surface area contributed by atoms with E-state index in [4.69, 9.17) is 9.26 Å². The Morgan fingerprint density at radius 1 is 1.06 bits per heavy atom. The normalized spacial score (nSPS) is 20.0. The number of likely N-dealkylation sites (tertiary alicyclic amines) is 2. The zero-order valence-corrected chi connectivity index (χ0v) is 26.8. The van der Waals surface area contributed by atoms with E-state index in [1.54, 1.807) is 19.4 Å². The van der Waals surface area contributed by atoms with Crippen molar-refractivity contribution >= 4 is 16.9 Å². The van der Waals surface area contributed by atoms with E-state index in [1.165, 1.54) is 10.9 Å². The Kier molecular flexibility index (Phi) is 8.42. The highest BCUT2D eigenvalue weighted by Crippen LogP contribution is 2.36. The van der Waals surface area contributed by atoms with Crippen LogP contribution in [0.4, 0.5) is 0 Å². The van der Waals surface area contributed by atoms with Crippen LogP contribution in [0.15, 0.2) is 88.7 Å². The summed E-state index contributed by atoms with van der Waals surface area (Å²) in [6.07, 6.45) is 6.64. The summed E-state index contributed by atoms with van der Waals surface area (Å²) in [4.78, 5) is 36.4. The summed E-state index contributed by atoms with van der Waals surface area (Å²) in [6.45, 7) is 5.24. The highest BCUT2D eigenvalue weighted by Gasteiger charge is 2.41. The predicted octanol–water partition coefficient (Wildman–Crippen LogP) is 4.15. The Morgan fingerprint density at radius 2 is 1.83 bits per heavy atom. The summed E-state index contributed by atoms with van der Waals surface area (Å²) in [6, 6.07) is 19.6. The van der Waals surface area contributed by atoms with Crippen molar-refractivity contribution in [1.29, 1.82) is 0 Å². The number of ether oxygens (including phenoxy) is 1. The molecular weight excluding hydrogens is 596 g/mol. The quantitative estimate of drug-likeness (QED) is 0.270. The first-order valence-electron chi connectivity index (χ1n) is 16.2. The molecule has 11 nitrogen and oxygen atoms in total. The van der Waals surface area contributed by atoms with E-state index in [9.17, 15) is 14.7 Å². The molecule has 0 spiro atoms. The molecule has 244 valence electrons. The molecule has 0 radical (unpaired) electrons. The van der Waals surface area contributed by atoms with Gasteiger partial charge in [0.15, 0.2) is 5.65 Å². The highest BCUT2D eigenvalue weighted by molar-refractivity contribution is 5.80. The van der Waals surface area contributed by atoms with Gasteiger partial charge in [-0.15, -0.1) is 0 Å². The second-order valence-electron chi connectivity index (χ2n) is 12.9. The lowest BCUT2D eigenvalue weighted by Crippen LogP contribution is -2.53. The average Bonchev–Trinajstić information content (AvgIpc) is 3.72. The number of hydrogen-bond acceptors (Lipinski definition) is 8. The van der Waals surface area contributed by atoms with Gasteiger partial charge in [-0.1, -0.05) is 35.5 Å². The monoisotopic (exact) mass is 636 g/mol. The summed E-state index contributed by atoms with van der Waals surface area (Å²) >= 11 is 0. The van der Waals surface area contributed by atoms with Gasteiger partial charge < -0.3 is 23.8 Å². The molecular formula is C36H40N6O5. The van der Waals surface area contributed by atoms with Crippen LogP contribution in [0.2, 0.25) is 0 Å². The maximum Gasteiger partial charge on any atom is 0.262 e. The molecule has 2 saturated heterocycles. The Labute approximate surface area is 273 Å². The van der Waals surface area contributed by atoms with Crippen LogP contribution in [0, 0.1) is 12.8 Å². The number of fused-ring (bicyclic) bond motifs is 1. The largest absolute Gasteiger partial charge is 0.497 e. The van der Waals surface area contributed by atoms with E-state index in [1.807, 2.05) is 65.1 Å². The van der Waals surface area contributed by atoms with Gasteiger partial charge in [0.05, 0.1) is 30.8 Å². The van der Waals surface area contributed by atoms with Gasteiger partial charge >= 0.3 is 0 Å². The minimum absolute atomic E-state index is 0.0556. The number of aryl methyl sites for hydroxylation is 1. The van der Waals surface area contributed by atoms with Crippen LogP contribution >= 0.6 is 0 Å². The molecule has 1 N–H and O–H groups in total. The van der Waals surface area contributed by atoms with E-state index < -0.39 is 5.60 Å².